The van der Waals surface area contributed by atoms with Crippen molar-refractivity contribution >= 4 is 31.1 Å². The van der Waals surface area contributed by atoms with Gasteiger partial charge in [0.1, 0.15) is 5.01 Å². The highest BCUT2D eigenvalue weighted by molar-refractivity contribution is 8.15. The summed E-state index contributed by atoms with van der Waals surface area (Å²) in [6.45, 7) is 6.43. The summed E-state index contributed by atoms with van der Waals surface area (Å²) in [4.78, 5) is 4.28. The molecule has 1 heterocycles. The average molecular weight is 362 g/mol. The van der Waals surface area contributed by atoms with Crippen LogP contribution in [0.15, 0.2) is 22.4 Å². The summed E-state index contributed by atoms with van der Waals surface area (Å²) < 4.78 is 34.1. The van der Waals surface area contributed by atoms with E-state index in [4.69, 9.17) is 20.2 Å². The van der Waals surface area contributed by atoms with Crippen molar-refractivity contribution in [1.82, 2.24) is 4.98 Å². The first-order valence-corrected chi connectivity index (χ1v) is 9.81. The summed E-state index contributed by atoms with van der Waals surface area (Å²) in [6.07, 6.45) is 0. The minimum absolute atomic E-state index is 0.0658. The lowest BCUT2D eigenvalue weighted by Gasteiger charge is -2.11. The van der Waals surface area contributed by atoms with Crippen molar-refractivity contribution in [1.29, 1.82) is 0 Å². The third-order valence-corrected chi connectivity index (χ3v) is 6.15. The van der Waals surface area contributed by atoms with Gasteiger partial charge in [-0.3, -0.25) is 0 Å². The van der Waals surface area contributed by atoms with E-state index < -0.39 is 9.05 Å². The molecule has 0 amide bonds. The Hall–Kier alpha value is -1.31. The fourth-order valence-electron chi connectivity index (χ4n) is 1.92. The second kappa shape index (κ2) is 6.85. The Morgan fingerprint density at radius 2 is 1.82 bits per heavy atom. The van der Waals surface area contributed by atoms with Gasteiger partial charge < -0.3 is 9.47 Å². The van der Waals surface area contributed by atoms with Crippen molar-refractivity contribution in [3.8, 4) is 22.1 Å². The van der Waals surface area contributed by atoms with Gasteiger partial charge in [0.15, 0.2) is 15.7 Å². The standard InChI is InChI=1S/C14H16ClNO4S2/c1-4-19-11-7-6-10(8-12(11)20-5-2)13-16-9(3)14(21-13)22(15,17)18/h6-8H,4-5H2,1-3H3. The van der Waals surface area contributed by atoms with E-state index in [1.807, 2.05) is 19.9 Å². The van der Waals surface area contributed by atoms with Gasteiger partial charge in [0, 0.05) is 16.2 Å². The number of benzene rings is 1. The normalized spacial score (nSPS) is 11.5. The first-order chi connectivity index (χ1) is 10.4. The van der Waals surface area contributed by atoms with Crippen LogP contribution in [0.25, 0.3) is 10.6 Å². The van der Waals surface area contributed by atoms with Crippen LogP contribution in [0.4, 0.5) is 0 Å². The Bertz CT molecular complexity index is 771. The van der Waals surface area contributed by atoms with Gasteiger partial charge in [0.2, 0.25) is 0 Å². The number of aromatic nitrogens is 1. The molecule has 120 valence electrons. The third-order valence-electron chi connectivity index (χ3n) is 2.77. The number of thiazole rings is 1. The second-order valence-corrected chi connectivity index (χ2v) is 8.12. The topological polar surface area (TPSA) is 65.5 Å². The molecule has 2 rings (SSSR count). The van der Waals surface area contributed by atoms with E-state index >= 15 is 0 Å². The maximum Gasteiger partial charge on any atom is 0.272 e. The third kappa shape index (κ3) is 3.71. The Balaban J connectivity index is 2.47. The molecule has 0 aliphatic rings. The van der Waals surface area contributed by atoms with Crippen LogP contribution in [-0.2, 0) is 9.05 Å². The quantitative estimate of drug-likeness (QED) is 0.731. The van der Waals surface area contributed by atoms with Crippen LogP contribution in [-0.4, -0.2) is 26.6 Å². The van der Waals surface area contributed by atoms with Crippen molar-refractivity contribution < 1.29 is 17.9 Å². The summed E-state index contributed by atoms with van der Waals surface area (Å²) in [6, 6.07) is 5.39. The molecule has 1 aromatic carbocycles. The molecule has 0 spiro atoms. The van der Waals surface area contributed by atoms with Crippen LogP contribution >= 0.6 is 22.0 Å². The zero-order valence-corrected chi connectivity index (χ0v) is 14.8. The lowest BCUT2D eigenvalue weighted by atomic mass is 10.2. The average Bonchev–Trinajstić information content (AvgIpc) is 2.83. The van der Waals surface area contributed by atoms with E-state index in [2.05, 4.69) is 4.98 Å². The van der Waals surface area contributed by atoms with Crippen molar-refractivity contribution in [3.63, 3.8) is 0 Å². The van der Waals surface area contributed by atoms with Crippen molar-refractivity contribution in [2.45, 2.75) is 25.0 Å². The van der Waals surface area contributed by atoms with E-state index in [-0.39, 0.29) is 4.21 Å². The number of halogens is 1. The van der Waals surface area contributed by atoms with Crippen LogP contribution in [0.3, 0.4) is 0 Å². The van der Waals surface area contributed by atoms with Gasteiger partial charge in [-0.1, -0.05) is 0 Å². The zero-order chi connectivity index (χ0) is 16.3. The van der Waals surface area contributed by atoms with E-state index in [9.17, 15) is 8.42 Å². The molecule has 0 atom stereocenters. The lowest BCUT2D eigenvalue weighted by molar-refractivity contribution is 0.288. The molecule has 8 heteroatoms. The molecular weight excluding hydrogens is 346 g/mol. The Labute approximate surface area is 138 Å². The molecule has 0 aliphatic carbocycles. The minimum Gasteiger partial charge on any atom is -0.490 e. The molecule has 22 heavy (non-hydrogen) atoms. The minimum atomic E-state index is -3.79. The molecule has 0 bridgehead atoms. The Kier molecular flexibility index (Phi) is 5.31. The highest BCUT2D eigenvalue weighted by Crippen LogP contribution is 2.37. The number of nitrogens with zero attached hydrogens (tertiary/aromatic N) is 1. The first-order valence-electron chi connectivity index (χ1n) is 6.69. The van der Waals surface area contributed by atoms with Crippen LogP contribution < -0.4 is 9.47 Å². The zero-order valence-electron chi connectivity index (χ0n) is 12.4. The van der Waals surface area contributed by atoms with Gasteiger partial charge in [-0.15, -0.1) is 11.3 Å². The summed E-state index contributed by atoms with van der Waals surface area (Å²) >= 11 is 1.04. The highest BCUT2D eigenvalue weighted by atomic mass is 35.7. The molecule has 0 aliphatic heterocycles. The first kappa shape index (κ1) is 17.1. The number of ether oxygens (including phenoxy) is 2. The summed E-state index contributed by atoms with van der Waals surface area (Å²) in [5.74, 6) is 1.25. The summed E-state index contributed by atoms with van der Waals surface area (Å²) in [5, 5.41) is 0.570. The molecule has 0 unspecified atom stereocenters. The van der Waals surface area contributed by atoms with Gasteiger partial charge in [-0.05, 0) is 39.0 Å². The predicted molar refractivity (Wildman–Crippen MR) is 87.7 cm³/mol. The maximum absolute atomic E-state index is 11.5. The Morgan fingerprint density at radius 3 is 2.36 bits per heavy atom. The smallest absolute Gasteiger partial charge is 0.272 e. The fourth-order valence-corrected chi connectivity index (χ4v) is 4.36. The van der Waals surface area contributed by atoms with Gasteiger partial charge in [0.25, 0.3) is 9.05 Å². The molecule has 0 radical (unpaired) electrons. The highest BCUT2D eigenvalue weighted by Gasteiger charge is 2.20. The number of rotatable bonds is 6. The van der Waals surface area contributed by atoms with Crippen molar-refractivity contribution in [2.24, 2.45) is 0 Å². The van der Waals surface area contributed by atoms with Crippen molar-refractivity contribution in [3.05, 3.63) is 23.9 Å². The van der Waals surface area contributed by atoms with E-state index in [0.29, 0.717) is 35.4 Å². The molecule has 2 aromatic rings. The van der Waals surface area contributed by atoms with Crippen LogP contribution in [0, 0.1) is 6.92 Å². The molecule has 0 N–H and O–H groups in total. The molecular formula is C14H16ClNO4S2. The molecule has 5 nitrogen and oxygen atoms in total. The number of aryl methyl sites for hydroxylation is 1. The van der Waals surface area contributed by atoms with E-state index in [0.717, 1.165) is 16.9 Å². The van der Waals surface area contributed by atoms with Gasteiger partial charge in [-0.25, -0.2) is 13.4 Å². The van der Waals surface area contributed by atoms with E-state index in [1.165, 1.54) is 0 Å². The molecule has 0 saturated heterocycles. The van der Waals surface area contributed by atoms with Gasteiger partial charge in [-0.2, -0.15) is 0 Å². The molecule has 0 fully saturated rings. The number of hydrogen-bond donors (Lipinski definition) is 0. The lowest BCUT2D eigenvalue weighted by Crippen LogP contribution is -1.98. The molecule has 0 saturated carbocycles. The monoisotopic (exact) mass is 361 g/mol. The maximum atomic E-state index is 11.5. The van der Waals surface area contributed by atoms with E-state index in [1.54, 1.807) is 19.1 Å². The van der Waals surface area contributed by atoms with Crippen LogP contribution in [0.1, 0.15) is 19.5 Å². The van der Waals surface area contributed by atoms with Gasteiger partial charge in [0.05, 0.1) is 18.9 Å². The Morgan fingerprint density at radius 1 is 1.18 bits per heavy atom. The predicted octanol–water partition coefficient (Wildman–Crippen LogP) is 3.84. The second-order valence-electron chi connectivity index (χ2n) is 4.36. The SMILES string of the molecule is CCOc1ccc(-c2nc(C)c(S(=O)(=O)Cl)s2)cc1OCC. The fraction of sp³-hybridized carbons (Fsp3) is 0.357. The summed E-state index contributed by atoms with van der Waals surface area (Å²) in [7, 11) is 1.62. The van der Waals surface area contributed by atoms with Gasteiger partial charge >= 0.3 is 0 Å². The number of hydrogen-bond acceptors (Lipinski definition) is 6. The van der Waals surface area contributed by atoms with Crippen LogP contribution in [0.2, 0.25) is 0 Å². The molecule has 1 aromatic heterocycles. The largest absolute Gasteiger partial charge is 0.490 e. The summed E-state index contributed by atoms with van der Waals surface area (Å²) in [5.41, 5.74) is 1.15. The van der Waals surface area contributed by atoms with Crippen LogP contribution in [0.5, 0.6) is 11.5 Å². The van der Waals surface area contributed by atoms with Crippen molar-refractivity contribution in [2.75, 3.05) is 13.2 Å².